The summed E-state index contributed by atoms with van der Waals surface area (Å²) in [4.78, 5) is 0. The predicted octanol–water partition coefficient (Wildman–Crippen LogP) is 3.80. The highest BCUT2D eigenvalue weighted by Gasteiger charge is 2.25. The van der Waals surface area contributed by atoms with E-state index in [1.165, 1.54) is 36.0 Å². The van der Waals surface area contributed by atoms with Crippen LogP contribution in [0.25, 0.3) is 0 Å². The van der Waals surface area contributed by atoms with Crippen LogP contribution in [0.2, 0.25) is 0 Å². The van der Waals surface area contributed by atoms with Gasteiger partial charge in [0.15, 0.2) is 0 Å². The van der Waals surface area contributed by atoms with Crippen molar-refractivity contribution in [1.29, 1.82) is 0 Å². The minimum Gasteiger partial charge on any atom is -0.310 e. The molecule has 94 valence electrons. The fourth-order valence-electron chi connectivity index (χ4n) is 2.85. The third-order valence-electron chi connectivity index (χ3n) is 4.04. The third kappa shape index (κ3) is 3.02. The molecular formula is C15H22ClN. The second kappa shape index (κ2) is 5.88. The highest BCUT2D eigenvalue weighted by molar-refractivity contribution is 6.18. The molecule has 1 aliphatic carbocycles. The fraction of sp³-hybridized carbons (Fsp3) is 0.600. The van der Waals surface area contributed by atoms with Gasteiger partial charge in [0.25, 0.3) is 0 Å². The van der Waals surface area contributed by atoms with Crippen LogP contribution in [0.5, 0.6) is 0 Å². The molecule has 2 atom stereocenters. The Hall–Kier alpha value is -0.530. The van der Waals surface area contributed by atoms with Gasteiger partial charge in [-0.05, 0) is 49.3 Å². The van der Waals surface area contributed by atoms with E-state index in [0.717, 1.165) is 12.4 Å². The van der Waals surface area contributed by atoms with Gasteiger partial charge in [-0.2, -0.15) is 0 Å². The van der Waals surface area contributed by atoms with E-state index < -0.39 is 0 Å². The summed E-state index contributed by atoms with van der Waals surface area (Å²) in [6.45, 7) is 5.37. The van der Waals surface area contributed by atoms with Crippen LogP contribution >= 0.6 is 11.6 Å². The van der Waals surface area contributed by atoms with E-state index in [4.69, 9.17) is 11.6 Å². The lowest BCUT2D eigenvalue weighted by atomic mass is 10.0. The van der Waals surface area contributed by atoms with Crippen molar-refractivity contribution in [3.8, 4) is 0 Å². The Labute approximate surface area is 110 Å². The van der Waals surface area contributed by atoms with Gasteiger partial charge in [-0.15, -0.1) is 11.6 Å². The van der Waals surface area contributed by atoms with Crippen LogP contribution in [-0.2, 0) is 6.54 Å². The quantitative estimate of drug-likeness (QED) is 0.803. The van der Waals surface area contributed by atoms with Gasteiger partial charge < -0.3 is 5.32 Å². The van der Waals surface area contributed by atoms with Gasteiger partial charge in [-0.3, -0.25) is 0 Å². The molecule has 0 amide bonds. The first kappa shape index (κ1) is 12.9. The average molecular weight is 252 g/mol. The van der Waals surface area contributed by atoms with Crippen LogP contribution in [0.3, 0.4) is 0 Å². The Morgan fingerprint density at radius 2 is 1.94 bits per heavy atom. The molecule has 2 unspecified atom stereocenters. The zero-order valence-corrected chi connectivity index (χ0v) is 11.6. The number of rotatable bonds is 4. The first-order chi connectivity index (χ1) is 8.22. The van der Waals surface area contributed by atoms with Crippen molar-refractivity contribution in [3.05, 3.63) is 34.9 Å². The smallest absolute Gasteiger partial charge is 0.0266 e. The molecule has 1 fully saturated rings. The van der Waals surface area contributed by atoms with E-state index in [1.54, 1.807) is 0 Å². The SMILES string of the molecule is Cc1cccc(C)c1CNC1CCCC1CCl. The van der Waals surface area contributed by atoms with Crippen LogP contribution < -0.4 is 5.32 Å². The van der Waals surface area contributed by atoms with Gasteiger partial charge >= 0.3 is 0 Å². The Bertz CT molecular complexity index is 355. The largest absolute Gasteiger partial charge is 0.310 e. The zero-order valence-electron chi connectivity index (χ0n) is 10.8. The summed E-state index contributed by atoms with van der Waals surface area (Å²) in [7, 11) is 0. The topological polar surface area (TPSA) is 12.0 Å². The molecule has 1 aromatic rings. The summed E-state index contributed by atoms with van der Waals surface area (Å²) in [5, 5.41) is 3.70. The van der Waals surface area contributed by atoms with Crippen LogP contribution in [-0.4, -0.2) is 11.9 Å². The van der Waals surface area contributed by atoms with Gasteiger partial charge in [0.05, 0.1) is 0 Å². The average Bonchev–Trinajstić information content (AvgIpc) is 2.76. The monoisotopic (exact) mass is 251 g/mol. The van der Waals surface area contributed by atoms with Crippen molar-refractivity contribution in [2.45, 2.75) is 45.7 Å². The number of nitrogens with one attached hydrogen (secondary N) is 1. The molecular weight excluding hydrogens is 230 g/mol. The molecule has 0 heterocycles. The molecule has 0 radical (unpaired) electrons. The predicted molar refractivity (Wildman–Crippen MR) is 74.6 cm³/mol. The molecule has 0 saturated heterocycles. The lowest BCUT2D eigenvalue weighted by Crippen LogP contribution is -2.33. The molecule has 1 aromatic carbocycles. The van der Waals surface area contributed by atoms with Gasteiger partial charge in [0, 0.05) is 18.5 Å². The maximum absolute atomic E-state index is 6.01. The minimum atomic E-state index is 0.617. The van der Waals surface area contributed by atoms with Crippen LogP contribution in [0.1, 0.15) is 36.0 Å². The Kier molecular flexibility index (Phi) is 4.47. The number of halogens is 1. The van der Waals surface area contributed by atoms with Gasteiger partial charge in [0.2, 0.25) is 0 Å². The van der Waals surface area contributed by atoms with E-state index in [-0.39, 0.29) is 0 Å². The van der Waals surface area contributed by atoms with Crippen molar-refractivity contribution in [2.75, 3.05) is 5.88 Å². The van der Waals surface area contributed by atoms with E-state index in [0.29, 0.717) is 12.0 Å². The lowest BCUT2D eigenvalue weighted by Gasteiger charge is -2.20. The molecule has 0 spiro atoms. The molecule has 17 heavy (non-hydrogen) atoms. The second-order valence-electron chi connectivity index (χ2n) is 5.20. The number of benzene rings is 1. The Morgan fingerprint density at radius 3 is 2.59 bits per heavy atom. The Morgan fingerprint density at radius 1 is 1.24 bits per heavy atom. The van der Waals surface area contributed by atoms with Gasteiger partial charge in [0.1, 0.15) is 0 Å². The third-order valence-corrected chi connectivity index (χ3v) is 4.44. The summed E-state index contributed by atoms with van der Waals surface area (Å²) >= 11 is 6.01. The molecule has 1 N–H and O–H groups in total. The summed E-state index contributed by atoms with van der Waals surface area (Å²) in [6.07, 6.45) is 3.89. The zero-order chi connectivity index (χ0) is 12.3. The molecule has 1 nitrogen and oxygen atoms in total. The van der Waals surface area contributed by atoms with E-state index in [2.05, 4.69) is 37.4 Å². The summed E-state index contributed by atoms with van der Waals surface area (Å²) < 4.78 is 0. The summed E-state index contributed by atoms with van der Waals surface area (Å²) in [5.74, 6) is 1.46. The lowest BCUT2D eigenvalue weighted by molar-refractivity contribution is 0.429. The Balaban J connectivity index is 1.98. The van der Waals surface area contributed by atoms with Crippen molar-refractivity contribution in [1.82, 2.24) is 5.32 Å². The van der Waals surface area contributed by atoms with E-state index in [1.807, 2.05) is 0 Å². The number of hydrogen-bond donors (Lipinski definition) is 1. The van der Waals surface area contributed by atoms with E-state index >= 15 is 0 Å². The minimum absolute atomic E-state index is 0.617. The number of aryl methyl sites for hydroxylation is 2. The maximum atomic E-state index is 6.01. The van der Waals surface area contributed by atoms with Crippen LogP contribution in [0.4, 0.5) is 0 Å². The van der Waals surface area contributed by atoms with Crippen LogP contribution in [0, 0.1) is 19.8 Å². The van der Waals surface area contributed by atoms with E-state index in [9.17, 15) is 0 Å². The first-order valence-corrected chi connectivity index (χ1v) is 7.10. The highest BCUT2D eigenvalue weighted by Crippen LogP contribution is 2.27. The molecule has 0 bridgehead atoms. The first-order valence-electron chi connectivity index (χ1n) is 6.57. The van der Waals surface area contributed by atoms with Crippen molar-refractivity contribution < 1.29 is 0 Å². The molecule has 0 aromatic heterocycles. The molecule has 1 aliphatic rings. The number of hydrogen-bond acceptors (Lipinski definition) is 1. The summed E-state index contributed by atoms with van der Waals surface area (Å²) in [5.41, 5.74) is 4.23. The normalized spacial score (nSPS) is 24.2. The van der Waals surface area contributed by atoms with Crippen molar-refractivity contribution >= 4 is 11.6 Å². The van der Waals surface area contributed by atoms with Gasteiger partial charge in [-0.1, -0.05) is 24.6 Å². The molecule has 2 rings (SSSR count). The molecule has 2 heteroatoms. The van der Waals surface area contributed by atoms with Crippen molar-refractivity contribution in [2.24, 2.45) is 5.92 Å². The summed E-state index contributed by atoms with van der Waals surface area (Å²) in [6, 6.07) is 7.13. The maximum Gasteiger partial charge on any atom is 0.0266 e. The van der Waals surface area contributed by atoms with Crippen molar-refractivity contribution in [3.63, 3.8) is 0 Å². The van der Waals surface area contributed by atoms with Crippen LogP contribution in [0.15, 0.2) is 18.2 Å². The fourth-order valence-corrected chi connectivity index (χ4v) is 3.22. The molecule has 0 aliphatic heterocycles. The molecule has 1 saturated carbocycles. The standard InChI is InChI=1S/C15H22ClN/c1-11-5-3-6-12(2)14(11)10-17-15-8-4-7-13(15)9-16/h3,5-6,13,15,17H,4,7-10H2,1-2H3. The highest BCUT2D eigenvalue weighted by atomic mass is 35.5. The van der Waals surface area contributed by atoms with Gasteiger partial charge in [-0.25, -0.2) is 0 Å². The second-order valence-corrected chi connectivity index (χ2v) is 5.51. The number of alkyl halides is 1.